The van der Waals surface area contributed by atoms with Crippen LogP contribution in [0.5, 0.6) is 11.5 Å². The van der Waals surface area contributed by atoms with Crippen molar-refractivity contribution in [3.05, 3.63) is 39.6 Å². The molecular formula is C21H30N6O4. The van der Waals surface area contributed by atoms with Crippen molar-refractivity contribution in [3.63, 3.8) is 0 Å². The highest BCUT2D eigenvalue weighted by atomic mass is 16.6. The number of nitrogens with one attached hydrogen (secondary N) is 1. The maximum atomic E-state index is 11.6. The number of methoxy groups -OCH3 is 2. The van der Waals surface area contributed by atoms with Gasteiger partial charge in [-0.3, -0.25) is 10.1 Å². The molecule has 31 heavy (non-hydrogen) atoms. The quantitative estimate of drug-likeness (QED) is 0.403. The van der Waals surface area contributed by atoms with Gasteiger partial charge in [0.2, 0.25) is 11.8 Å². The highest BCUT2D eigenvalue weighted by Gasteiger charge is 2.27. The first-order valence-electron chi connectivity index (χ1n) is 10.4. The Kier molecular flexibility index (Phi) is 7.45. The summed E-state index contributed by atoms with van der Waals surface area (Å²) in [5.41, 5.74) is 12.8. The molecule has 0 spiro atoms. The summed E-state index contributed by atoms with van der Waals surface area (Å²) in [5.74, 6) is 2.32. The van der Waals surface area contributed by atoms with E-state index in [1.807, 2.05) is 12.1 Å². The lowest BCUT2D eigenvalue weighted by atomic mass is 9.80. The minimum Gasteiger partial charge on any atom is -0.497 e. The van der Waals surface area contributed by atoms with Crippen LogP contribution in [0, 0.1) is 22.0 Å². The zero-order chi connectivity index (χ0) is 22.4. The Labute approximate surface area is 181 Å². The lowest BCUT2D eigenvalue weighted by Crippen LogP contribution is -2.23. The first kappa shape index (κ1) is 22.5. The van der Waals surface area contributed by atoms with Crippen molar-refractivity contribution >= 4 is 17.5 Å². The van der Waals surface area contributed by atoms with Crippen LogP contribution in [-0.4, -0.2) is 35.7 Å². The Morgan fingerprint density at radius 2 is 1.71 bits per heavy atom. The van der Waals surface area contributed by atoms with Gasteiger partial charge in [-0.05, 0) is 68.2 Å². The number of rotatable bonds is 9. The van der Waals surface area contributed by atoms with E-state index in [1.54, 1.807) is 20.3 Å². The van der Waals surface area contributed by atoms with Gasteiger partial charge in [-0.25, -0.2) is 4.98 Å². The molecule has 0 bridgehead atoms. The van der Waals surface area contributed by atoms with Gasteiger partial charge in [0.1, 0.15) is 17.2 Å². The highest BCUT2D eigenvalue weighted by Crippen LogP contribution is 2.34. The molecule has 0 amide bonds. The summed E-state index contributed by atoms with van der Waals surface area (Å²) in [6.45, 7) is 1.07. The van der Waals surface area contributed by atoms with Crippen LogP contribution in [-0.2, 0) is 13.0 Å². The van der Waals surface area contributed by atoms with Gasteiger partial charge in [-0.2, -0.15) is 4.98 Å². The molecule has 5 N–H and O–H groups in total. The molecule has 10 nitrogen and oxygen atoms in total. The van der Waals surface area contributed by atoms with Gasteiger partial charge in [-0.15, -0.1) is 0 Å². The van der Waals surface area contributed by atoms with Crippen molar-refractivity contribution < 1.29 is 14.4 Å². The number of hydrogen-bond donors (Lipinski definition) is 3. The van der Waals surface area contributed by atoms with Crippen LogP contribution in [0.15, 0.2) is 18.2 Å². The summed E-state index contributed by atoms with van der Waals surface area (Å²) in [5, 5.41) is 14.7. The first-order chi connectivity index (χ1) is 14.9. The fourth-order valence-electron chi connectivity index (χ4n) is 4.04. The third kappa shape index (κ3) is 5.72. The van der Waals surface area contributed by atoms with Gasteiger partial charge in [0.15, 0.2) is 0 Å². The molecule has 10 heteroatoms. The molecule has 1 saturated carbocycles. The Bertz CT molecular complexity index is 893. The van der Waals surface area contributed by atoms with Gasteiger partial charge in [0, 0.05) is 12.6 Å². The third-order valence-electron chi connectivity index (χ3n) is 5.81. The Balaban J connectivity index is 1.78. The van der Waals surface area contributed by atoms with E-state index in [9.17, 15) is 10.1 Å². The van der Waals surface area contributed by atoms with Crippen LogP contribution in [0.2, 0.25) is 0 Å². The number of benzene rings is 1. The summed E-state index contributed by atoms with van der Waals surface area (Å²) < 4.78 is 10.6. The molecule has 0 atom stereocenters. The summed E-state index contributed by atoms with van der Waals surface area (Å²) in [6.07, 6.45) is 4.54. The van der Waals surface area contributed by atoms with E-state index in [4.69, 9.17) is 20.9 Å². The number of aromatic nitrogens is 2. The molecule has 1 aromatic carbocycles. The molecule has 0 radical (unpaired) electrons. The van der Waals surface area contributed by atoms with Gasteiger partial charge in [0.05, 0.1) is 19.1 Å². The first-order valence-corrected chi connectivity index (χ1v) is 10.4. The number of nitrogens with two attached hydrogens (primary N) is 2. The summed E-state index contributed by atoms with van der Waals surface area (Å²) in [7, 11) is 3.17. The van der Waals surface area contributed by atoms with Gasteiger partial charge >= 0.3 is 5.69 Å². The van der Waals surface area contributed by atoms with Crippen LogP contribution < -0.4 is 26.3 Å². The lowest BCUT2D eigenvalue weighted by molar-refractivity contribution is -0.385. The van der Waals surface area contributed by atoms with E-state index >= 15 is 0 Å². The fourth-order valence-corrected chi connectivity index (χ4v) is 4.04. The van der Waals surface area contributed by atoms with Gasteiger partial charge in [0.25, 0.3) is 0 Å². The molecule has 1 aliphatic carbocycles. The average Bonchev–Trinajstić information content (AvgIpc) is 2.77. The second-order valence-corrected chi connectivity index (χ2v) is 7.89. The maximum Gasteiger partial charge on any atom is 0.332 e. The maximum absolute atomic E-state index is 11.6. The molecule has 1 fully saturated rings. The molecule has 2 aromatic rings. The molecule has 1 aliphatic rings. The third-order valence-corrected chi connectivity index (χ3v) is 5.81. The Hall–Kier alpha value is -3.14. The second-order valence-electron chi connectivity index (χ2n) is 7.89. The van der Waals surface area contributed by atoms with Crippen molar-refractivity contribution in [1.82, 2.24) is 9.97 Å². The highest BCUT2D eigenvalue weighted by molar-refractivity contribution is 5.58. The van der Waals surface area contributed by atoms with Crippen molar-refractivity contribution in [3.8, 4) is 11.5 Å². The molecule has 0 saturated heterocycles. The predicted molar refractivity (Wildman–Crippen MR) is 118 cm³/mol. The van der Waals surface area contributed by atoms with E-state index in [1.165, 1.54) is 0 Å². The van der Waals surface area contributed by atoms with Gasteiger partial charge < -0.3 is 26.3 Å². The van der Waals surface area contributed by atoms with Crippen LogP contribution in [0.25, 0.3) is 0 Å². The van der Waals surface area contributed by atoms with E-state index in [-0.39, 0.29) is 17.5 Å². The number of ether oxygens (including phenoxy) is 2. The number of nitrogens with zero attached hydrogens (tertiary/aromatic N) is 3. The molecule has 1 aromatic heterocycles. The summed E-state index contributed by atoms with van der Waals surface area (Å²) in [4.78, 5) is 19.7. The molecular weight excluding hydrogens is 400 g/mol. The number of anilines is 2. The van der Waals surface area contributed by atoms with Crippen LogP contribution in [0.4, 0.5) is 17.5 Å². The Morgan fingerprint density at radius 1 is 1.10 bits per heavy atom. The van der Waals surface area contributed by atoms with Crippen LogP contribution in [0.1, 0.15) is 36.9 Å². The van der Waals surface area contributed by atoms with E-state index in [0.717, 1.165) is 31.2 Å². The minimum absolute atomic E-state index is 0.128. The van der Waals surface area contributed by atoms with E-state index in [0.29, 0.717) is 48.5 Å². The summed E-state index contributed by atoms with van der Waals surface area (Å²) in [6, 6.07) is 5.50. The Morgan fingerprint density at radius 3 is 2.26 bits per heavy atom. The standard InChI is InChI=1S/C21H30N6O4/c1-30-16-7-15(8-17(10-16)31-2)12-24-21-25-18(19(27(28)29)20(23)26-21)9-13-3-5-14(11-22)6-4-13/h7-8,10,13-14H,3-6,9,11-12,22H2,1-2H3,(H3,23,24,25,26). The van der Waals surface area contributed by atoms with Gasteiger partial charge in [-0.1, -0.05) is 0 Å². The van der Waals surface area contributed by atoms with Crippen molar-refractivity contribution in [2.75, 3.05) is 31.8 Å². The monoisotopic (exact) mass is 430 g/mol. The van der Waals surface area contributed by atoms with E-state index in [2.05, 4.69) is 15.3 Å². The molecule has 0 unspecified atom stereocenters. The fraction of sp³-hybridized carbons (Fsp3) is 0.524. The van der Waals surface area contributed by atoms with Crippen molar-refractivity contribution in [1.29, 1.82) is 0 Å². The zero-order valence-corrected chi connectivity index (χ0v) is 18.0. The average molecular weight is 431 g/mol. The van der Waals surface area contributed by atoms with Crippen molar-refractivity contribution in [2.45, 2.75) is 38.6 Å². The number of nitro groups is 1. The number of hydrogen-bond acceptors (Lipinski definition) is 9. The molecule has 168 valence electrons. The predicted octanol–water partition coefficient (Wildman–Crippen LogP) is 2.90. The minimum atomic E-state index is -0.493. The second kappa shape index (κ2) is 10.3. The largest absolute Gasteiger partial charge is 0.497 e. The topological polar surface area (TPSA) is 151 Å². The lowest BCUT2D eigenvalue weighted by Gasteiger charge is -2.27. The van der Waals surface area contributed by atoms with E-state index < -0.39 is 4.92 Å². The molecule has 1 heterocycles. The summed E-state index contributed by atoms with van der Waals surface area (Å²) >= 11 is 0. The number of nitrogen functional groups attached to an aromatic ring is 1. The van der Waals surface area contributed by atoms with Crippen molar-refractivity contribution in [2.24, 2.45) is 17.6 Å². The van der Waals surface area contributed by atoms with Crippen LogP contribution in [0.3, 0.4) is 0 Å². The normalized spacial score (nSPS) is 18.4. The zero-order valence-electron chi connectivity index (χ0n) is 18.0. The smallest absolute Gasteiger partial charge is 0.332 e. The molecule has 0 aliphatic heterocycles. The SMILES string of the molecule is COc1cc(CNc2nc(N)c([N+](=O)[O-])c(CC3CCC(CN)CC3)n2)cc(OC)c1. The van der Waals surface area contributed by atoms with Crippen LogP contribution >= 0.6 is 0 Å². The molecule has 3 rings (SSSR count).